The summed E-state index contributed by atoms with van der Waals surface area (Å²) in [6.07, 6.45) is 8.06. The Hall–Kier alpha value is -0.560. The van der Waals surface area contributed by atoms with Crippen molar-refractivity contribution in [3.63, 3.8) is 0 Å². The van der Waals surface area contributed by atoms with Crippen LogP contribution in [0, 0.1) is 0 Å². The summed E-state index contributed by atoms with van der Waals surface area (Å²) in [5.41, 5.74) is 3.12. The van der Waals surface area contributed by atoms with E-state index in [-0.39, 0.29) is 5.60 Å². The average molecular weight is 164 g/mol. The van der Waals surface area contributed by atoms with Crippen molar-refractivity contribution in [1.29, 1.82) is 0 Å². The first-order chi connectivity index (χ1) is 5.67. The van der Waals surface area contributed by atoms with Gasteiger partial charge >= 0.3 is 0 Å². The maximum Gasteiger partial charge on any atom is 0.0723 e. The Kier molecular flexibility index (Phi) is 1.84. The molecule has 1 aliphatic carbocycles. The molecule has 0 aromatic carbocycles. The summed E-state index contributed by atoms with van der Waals surface area (Å²) >= 11 is 0. The molecule has 1 heteroatoms. The van der Waals surface area contributed by atoms with E-state index in [0.29, 0.717) is 0 Å². The van der Waals surface area contributed by atoms with Gasteiger partial charge in [0.1, 0.15) is 0 Å². The van der Waals surface area contributed by atoms with Crippen LogP contribution in [-0.2, 0) is 4.74 Å². The number of hydrogen-bond donors (Lipinski definition) is 0. The Morgan fingerprint density at radius 1 is 1.42 bits per heavy atom. The minimum atomic E-state index is 0.0734. The third-order valence-corrected chi connectivity index (χ3v) is 2.64. The average Bonchev–Trinajstić information content (AvgIpc) is 2.02. The predicted molar refractivity (Wildman–Crippen MR) is 50.0 cm³/mol. The summed E-state index contributed by atoms with van der Waals surface area (Å²) in [6.45, 7) is 5.17. The molecule has 0 spiro atoms. The van der Waals surface area contributed by atoms with Crippen molar-refractivity contribution >= 4 is 0 Å². The Morgan fingerprint density at radius 2 is 2.25 bits per heavy atom. The van der Waals surface area contributed by atoms with Gasteiger partial charge in [-0.05, 0) is 38.7 Å². The van der Waals surface area contributed by atoms with Crippen LogP contribution in [-0.4, -0.2) is 12.2 Å². The van der Waals surface area contributed by atoms with E-state index >= 15 is 0 Å². The molecular formula is C11H16O. The van der Waals surface area contributed by atoms with Crippen molar-refractivity contribution < 1.29 is 4.74 Å². The van der Waals surface area contributed by atoms with Gasteiger partial charge in [0, 0.05) is 0 Å². The molecule has 12 heavy (non-hydrogen) atoms. The molecule has 0 saturated heterocycles. The van der Waals surface area contributed by atoms with Crippen LogP contribution >= 0.6 is 0 Å². The lowest BCUT2D eigenvalue weighted by Crippen LogP contribution is -2.31. The van der Waals surface area contributed by atoms with Gasteiger partial charge in [-0.25, -0.2) is 0 Å². The van der Waals surface area contributed by atoms with Crippen LogP contribution in [0.3, 0.4) is 0 Å². The highest BCUT2D eigenvalue weighted by atomic mass is 16.5. The van der Waals surface area contributed by atoms with E-state index < -0.39 is 0 Å². The van der Waals surface area contributed by atoms with Gasteiger partial charge < -0.3 is 4.74 Å². The van der Waals surface area contributed by atoms with Crippen LogP contribution in [0.5, 0.6) is 0 Å². The standard InChI is InChI=1S/C11H16O/c1-11(2)7-9-5-3-4-6-10(9)8-12-11/h4,6H,3,5,7-8H2,1-2H3. The molecule has 1 nitrogen and oxygen atoms in total. The molecule has 0 unspecified atom stereocenters. The Balaban J connectivity index is 2.22. The van der Waals surface area contributed by atoms with Gasteiger partial charge in [0.2, 0.25) is 0 Å². The summed E-state index contributed by atoms with van der Waals surface area (Å²) in [5, 5.41) is 0. The number of allylic oxidation sites excluding steroid dienone is 1. The van der Waals surface area contributed by atoms with E-state index in [1.807, 2.05) is 0 Å². The van der Waals surface area contributed by atoms with Crippen molar-refractivity contribution in [2.75, 3.05) is 6.61 Å². The van der Waals surface area contributed by atoms with Crippen molar-refractivity contribution in [3.8, 4) is 0 Å². The molecule has 1 heterocycles. The Bertz CT molecular complexity index is 246. The third-order valence-electron chi connectivity index (χ3n) is 2.64. The lowest BCUT2D eigenvalue weighted by molar-refractivity contribution is -0.0141. The van der Waals surface area contributed by atoms with Gasteiger partial charge in [-0.3, -0.25) is 0 Å². The van der Waals surface area contributed by atoms with Crippen molar-refractivity contribution in [2.45, 2.75) is 38.7 Å². The van der Waals surface area contributed by atoms with E-state index in [4.69, 9.17) is 4.74 Å². The topological polar surface area (TPSA) is 9.23 Å². The smallest absolute Gasteiger partial charge is 0.0723 e. The van der Waals surface area contributed by atoms with Crippen LogP contribution in [0.1, 0.15) is 33.1 Å². The van der Waals surface area contributed by atoms with Crippen LogP contribution in [0.15, 0.2) is 23.3 Å². The molecular weight excluding hydrogens is 148 g/mol. The SMILES string of the molecule is CC1(C)CC2=C(C=CCC2)CO1. The van der Waals surface area contributed by atoms with Crippen molar-refractivity contribution in [1.82, 2.24) is 0 Å². The largest absolute Gasteiger partial charge is 0.371 e. The first-order valence-electron chi connectivity index (χ1n) is 4.69. The lowest BCUT2D eigenvalue weighted by Gasteiger charge is -2.34. The molecule has 2 rings (SSSR count). The Labute approximate surface area is 74.1 Å². The monoisotopic (exact) mass is 164 g/mol. The molecule has 0 aromatic heterocycles. The zero-order valence-corrected chi connectivity index (χ0v) is 7.89. The molecule has 1 aliphatic heterocycles. The maximum absolute atomic E-state index is 5.73. The van der Waals surface area contributed by atoms with Crippen LogP contribution in [0.25, 0.3) is 0 Å². The highest BCUT2D eigenvalue weighted by Crippen LogP contribution is 2.33. The van der Waals surface area contributed by atoms with Crippen molar-refractivity contribution in [3.05, 3.63) is 23.3 Å². The highest BCUT2D eigenvalue weighted by molar-refractivity contribution is 5.32. The van der Waals surface area contributed by atoms with E-state index in [2.05, 4.69) is 26.0 Å². The summed E-state index contributed by atoms with van der Waals surface area (Å²) < 4.78 is 5.73. The van der Waals surface area contributed by atoms with Gasteiger partial charge in [0.05, 0.1) is 12.2 Å². The second kappa shape index (κ2) is 2.74. The molecule has 2 aliphatic rings. The molecule has 0 aromatic rings. The zero-order chi connectivity index (χ0) is 8.60. The molecule has 0 N–H and O–H groups in total. The molecule has 0 atom stereocenters. The zero-order valence-electron chi connectivity index (χ0n) is 7.89. The van der Waals surface area contributed by atoms with E-state index in [1.165, 1.54) is 18.4 Å². The molecule has 0 fully saturated rings. The predicted octanol–water partition coefficient (Wildman–Crippen LogP) is 2.83. The van der Waals surface area contributed by atoms with E-state index in [1.54, 1.807) is 5.57 Å². The number of hydrogen-bond acceptors (Lipinski definition) is 1. The van der Waals surface area contributed by atoms with Gasteiger partial charge in [0.25, 0.3) is 0 Å². The fourth-order valence-electron chi connectivity index (χ4n) is 1.95. The molecule has 0 saturated carbocycles. The quantitative estimate of drug-likeness (QED) is 0.535. The molecule has 0 amide bonds. The highest BCUT2D eigenvalue weighted by Gasteiger charge is 2.27. The van der Waals surface area contributed by atoms with Gasteiger partial charge in [-0.15, -0.1) is 0 Å². The first-order valence-corrected chi connectivity index (χ1v) is 4.69. The lowest BCUT2D eigenvalue weighted by atomic mass is 9.86. The fraction of sp³-hybridized carbons (Fsp3) is 0.636. The molecule has 66 valence electrons. The summed E-state index contributed by atoms with van der Waals surface area (Å²) in [5.74, 6) is 0. The summed E-state index contributed by atoms with van der Waals surface area (Å²) in [4.78, 5) is 0. The van der Waals surface area contributed by atoms with Gasteiger partial charge in [0.15, 0.2) is 0 Å². The van der Waals surface area contributed by atoms with E-state index in [0.717, 1.165) is 13.0 Å². The van der Waals surface area contributed by atoms with Crippen LogP contribution < -0.4 is 0 Å². The minimum Gasteiger partial charge on any atom is -0.371 e. The summed E-state index contributed by atoms with van der Waals surface area (Å²) in [6, 6.07) is 0. The van der Waals surface area contributed by atoms with Gasteiger partial charge in [-0.2, -0.15) is 0 Å². The fourth-order valence-corrected chi connectivity index (χ4v) is 1.95. The molecule has 0 radical (unpaired) electrons. The first kappa shape index (κ1) is 8.06. The van der Waals surface area contributed by atoms with Crippen LogP contribution in [0.4, 0.5) is 0 Å². The van der Waals surface area contributed by atoms with Crippen LogP contribution in [0.2, 0.25) is 0 Å². The second-order valence-electron chi connectivity index (χ2n) is 4.29. The molecule has 0 bridgehead atoms. The Morgan fingerprint density at radius 3 is 3.08 bits per heavy atom. The normalized spacial score (nSPS) is 27.2. The number of rotatable bonds is 0. The second-order valence-corrected chi connectivity index (χ2v) is 4.29. The maximum atomic E-state index is 5.73. The van der Waals surface area contributed by atoms with Gasteiger partial charge in [-0.1, -0.05) is 17.7 Å². The van der Waals surface area contributed by atoms with Crippen molar-refractivity contribution in [2.24, 2.45) is 0 Å². The van der Waals surface area contributed by atoms with E-state index in [9.17, 15) is 0 Å². The third kappa shape index (κ3) is 1.46. The minimum absolute atomic E-state index is 0.0734. The summed E-state index contributed by atoms with van der Waals surface area (Å²) in [7, 11) is 0. The number of ether oxygens (including phenoxy) is 1.